The molecule has 0 aromatic heterocycles. The van der Waals surface area contributed by atoms with Crippen LogP contribution in [0, 0.1) is 74.5 Å². The van der Waals surface area contributed by atoms with Crippen molar-refractivity contribution in [2.24, 2.45) is 0 Å². The molecule has 0 N–H and O–H groups in total. The van der Waals surface area contributed by atoms with Crippen molar-refractivity contribution in [1.82, 2.24) is 0 Å². The quantitative estimate of drug-likeness (QED) is 0.112. The zero-order valence-corrected chi connectivity index (χ0v) is 23.7. The molecule has 0 radical (unpaired) electrons. The third-order valence-corrected chi connectivity index (χ3v) is 6.89. The Hall–Kier alpha value is -6.52. The van der Waals surface area contributed by atoms with Gasteiger partial charge < -0.3 is 13.6 Å². The zero-order chi connectivity index (χ0) is 35.8. The average molecular weight is 692 g/mol. The van der Waals surface area contributed by atoms with E-state index < -0.39 is 112 Å². The molecule has 26 heteroatoms. The van der Waals surface area contributed by atoms with Crippen LogP contribution in [0.5, 0.6) is 17.2 Å². The van der Waals surface area contributed by atoms with Crippen molar-refractivity contribution in [1.29, 1.82) is 0 Å². The summed E-state index contributed by atoms with van der Waals surface area (Å²) < 4.78 is 71.1. The van der Waals surface area contributed by atoms with Gasteiger partial charge in [0.25, 0.3) is 17.1 Å². The van der Waals surface area contributed by atoms with Crippen LogP contribution in [0.3, 0.4) is 0 Å². The highest BCUT2D eigenvalue weighted by atomic mass is 31.2. The number of phosphoric acid groups is 1. The van der Waals surface area contributed by atoms with Crippen LogP contribution in [0.15, 0.2) is 36.4 Å². The molecule has 0 saturated heterocycles. The lowest BCUT2D eigenvalue weighted by Gasteiger charge is -2.22. The lowest BCUT2D eigenvalue weighted by atomic mass is 10.1. The molecule has 3 aromatic rings. The topological polar surface area (TPSA) is 304 Å². The maximum absolute atomic E-state index is 14.2. The van der Waals surface area contributed by atoms with Gasteiger partial charge in [-0.3, -0.25) is 60.7 Å². The van der Waals surface area contributed by atoms with E-state index in [1.54, 1.807) is 0 Å². The zero-order valence-electron chi connectivity index (χ0n) is 22.8. The first kappa shape index (κ1) is 35.0. The minimum absolute atomic E-state index is 0.0614. The van der Waals surface area contributed by atoms with Crippen molar-refractivity contribution in [3.8, 4) is 17.2 Å². The molecule has 47 heavy (non-hydrogen) atoms. The van der Waals surface area contributed by atoms with Crippen LogP contribution in [0.25, 0.3) is 0 Å². The maximum Gasteiger partial charge on any atom is 0.647 e. The second-order valence-corrected chi connectivity index (χ2v) is 10.3. The van der Waals surface area contributed by atoms with E-state index in [0.29, 0.717) is 12.1 Å². The number of phosphoric ester groups is 1. The molecular weight excluding hydrogens is 680 g/mol. The fourth-order valence-electron chi connectivity index (χ4n) is 3.73. The van der Waals surface area contributed by atoms with E-state index in [0.717, 1.165) is 13.8 Å². The highest BCUT2D eigenvalue weighted by Gasteiger charge is 2.47. The first-order valence-corrected chi connectivity index (χ1v) is 13.1. The van der Waals surface area contributed by atoms with E-state index in [1.807, 2.05) is 0 Å². The Bertz CT molecular complexity index is 1860. The van der Waals surface area contributed by atoms with E-state index in [-0.39, 0.29) is 24.3 Å². The molecular formula is C21H12F3N6O16P. The molecule has 0 amide bonds. The molecule has 0 unspecified atom stereocenters. The van der Waals surface area contributed by atoms with Crippen molar-refractivity contribution in [2.75, 3.05) is 0 Å². The fraction of sp³-hybridized carbons (Fsp3) is 0.143. The summed E-state index contributed by atoms with van der Waals surface area (Å²) in [7, 11) is -6.27. The molecule has 3 rings (SSSR count). The minimum atomic E-state index is -6.27. The molecule has 0 spiro atoms. The van der Waals surface area contributed by atoms with Gasteiger partial charge in [0.2, 0.25) is 17.2 Å². The van der Waals surface area contributed by atoms with Gasteiger partial charge in [0, 0.05) is 29.3 Å². The second-order valence-electron chi connectivity index (χ2n) is 8.82. The molecule has 0 aliphatic heterocycles. The summed E-state index contributed by atoms with van der Waals surface area (Å²) >= 11 is 0. The van der Waals surface area contributed by atoms with Crippen LogP contribution in [0.2, 0.25) is 0 Å². The number of nitro benzene ring substituents is 6. The summed E-state index contributed by atoms with van der Waals surface area (Å²) in [4.78, 5) is 60.9. The molecule has 0 aliphatic carbocycles. The van der Waals surface area contributed by atoms with Crippen molar-refractivity contribution < 1.29 is 60.8 Å². The third-order valence-electron chi connectivity index (χ3n) is 5.67. The molecule has 0 atom stereocenters. The smallest absolute Gasteiger partial charge is 0.378 e. The van der Waals surface area contributed by atoms with Gasteiger partial charge in [-0.1, -0.05) is 0 Å². The highest BCUT2D eigenvalue weighted by molar-refractivity contribution is 7.49. The number of nitrogens with zero attached hydrogens (tertiary/aromatic N) is 6. The summed E-state index contributed by atoms with van der Waals surface area (Å²) in [6.07, 6.45) is -5.76. The van der Waals surface area contributed by atoms with Crippen LogP contribution in [0.4, 0.5) is 47.3 Å². The summed E-state index contributed by atoms with van der Waals surface area (Å²) in [6, 6.07) is 1.30. The van der Waals surface area contributed by atoms with Crippen LogP contribution in [0.1, 0.15) is 16.7 Å². The Kier molecular flexibility index (Phi) is 9.27. The average Bonchev–Trinajstić information content (AvgIpc) is 2.93. The van der Waals surface area contributed by atoms with Crippen LogP contribution >= 0.6 is 7.82 Å². The van der Waals surface area contributed by atoms with Crippen molar-refractivity contribution in [3.63, 3.8) is 0 Å². The molecule has 0 fully saturated rings. The molecule has 22 nitrogen and oxygen atoms in total. The second kappa shape index (κ2) is 12.5. The summed E-state index contributed by atoms with van der Waals surface area (Å²) in [5.41, 5.74) is -11.7. The Morgan fingerprint density at radius 3 is 1.13 bits per heavy atom. The molecule has 0 aliphatic rings. The lowest BCUT2D eigenvalue weighted by molar-refractivity contribution is -0.395. The largest absolute Gasteiger partial charge is 0.647 e. The Morgan fingerprint density at radius 1 is 0.532 bits per heavy atom. The van der Waals surface area contributed by atoms with Gasteiger partial charge in [0.05, 0.1) is 47.7 Å². The van der Waals surface area contributed by atoms with Gasteiger partial charge in [-0.05, 0) is 13.8 Å². The fourth-order valence-corrected chi connectivity index (χ4v) is 5.18. The van der Waals surface area contributed by atoms with Gasteiger partial charge in [-0.25, -0.2) is 0 Å². The first-order valence-electron chi connectivity index (χ1n) is 11.7. The standard InChI is InChI=1S/C21H12F3N6O16P/c1-9-3-11(25(31)32)6-15(28(37)38)18(9)44-47(43,45-19-10(2)4-12(26(33)34)7-16(19)29(39)40)46-20-14(21(22,23)24)5-13(27(35)36)8-17(20)30(41)42/h3-8H,1-2H3. The van der Waals surface area contributed by atoms with Gasteiger partial charge in [0.1, 0.15) is 5.56 Å². The SMILES string of the molecule is Cc1cc([N+](=O)[O-])cc([N+](=O)[O-])c1OP(=O)(Oc1c(C)cc([N+](=O)[O-])cc1[N+](=O)[O-])Oc1c([N+](=O)[O-])cc([N+](=O)[O-])cc1C(F)(F)F. The third kappa shape index (κ3) is 7.42. The number of hydrogen-bond acceptors (Lipinski definition) is 16. The van der Waals surface area contributed by atoms with E-state index in [1.165, 1.54) is 0 Å². The Balaban J connectivity index is 2.45. The number of halogens is 3. The Labute approximate surface area is 254 Å². The number of benzene rings is 3. The number of rotatable bonds is 12. The monoisotopic (exact) mass is 692 g/mol. The molecule has 248 valence electrons. The number of hydrogen-bond donors (Lipinski definition) is 0. The van der Waals surface area contributed by atoms with Gasteiger partial charge >= 0.3 is 31.1 Å². The predicted octanol–water partition coefficient (Wildman–Crippen LogP) is 6.42. The number of alkyl halides is 3. The number of nitro groups is 6. The van der Waals surface area contributed by atoms with Crippen LogP contribution in [-0.2, 0) is 10.7 Å². The van der Waals surface area contributed by atoms with E-state index >= 15 is 0 Å². The molecule has 0 heterocycles. The van der Waals surface area contributed by atoms with Gasteiger partial charge in [-0.2, -0.15) is 17.7 Å². The van der Waals surface area contributed by atoms with Gasteiger partial charge in [0.15, 0.2) is 0 Å². The normalized spacial score (nSPS) is 11.3. The maximum atomic E-state index is 14.2. The summed E-state index contributed by atoms with van der Waals surface area (Å²) in [5, 5.41) is 68.9. The van der Waals surface area contributed by atoms with Crippen molar-refractivity contribution in [2.45, 2.75) is 20.0 Å². The Morgan fingerprint density at radius 2 is 0.830 bits per heavy atom. The van der Waals surface area contributed by atoms with E-state index in [2.05, 4.69) is 0 Å². The molecule has 3 aromatic carbocycles. The molecule has 0 bridgehead atoms. The first-order chi connectivity index (χ1) is 21.6. The highest BCUT2D eigenvalue weighted by Crippen LogP contribution is 2.58. The predicted molar refractivity (Wildman–Crippen MR) is 143 cm³/mol. The van der Waals surface area contributed by atoms with E-state index in [4.69, 9.17) is 13.6 Å². The van der Waals surface area contributed by atoms with Crippen molar-refractivity contribution in [3.05, 3.63) is 114 Å². The van der Waals surface area contributed by atoms with Crippen LogP contribution in [-0.4, -0.2) is 29.5 Å². The van der Waals surface area contributed by atoms with Crippen LogP contribution < -0.4 is 13.6 Å². The van der Waals surface area contributed by atoms with Gasteiger partial charge in [-0.15, -0.1) is 0 Å². The lowest BCUT2D eigenvalue weighted by Crippen LogP contribution is -2.15. The summed E-state index contributed by atoms with van der Waals surface area (Å²) in [5.74, 6) is -4.64. The molecule has 0 saturated carbocycles. The van der Waals surface area contributed by atoms with E-state index in [9.17, 15) is 78.4 Å². The van der Waals surface area contributed by atoms with Crippen molar-refractivity contribution >= 4 is 41.9 Å². The summed E-state index contributed by atoms with van der Waals surface area (Å²) in [6.45, 7) is 1.74. The number of non-ortho nitro benzene ring substituents is 3. The minimum Gasteiger partial charge on any atom is -0.378 e. The number of aryl methyl sites for hydroxylation is 2.